The van der Waals surface area contributed by atoms with Crippen LogP contribution in [0.5, 0.6) is 11.5 Å². The molecular formula is C63H68F2N10O11. The molecule has 2 heterocycles. The average Bonchev–Trinajstić information content (AvgIpc) is 1.23. The van der Waals surface area contributed by atoms with Crippen LogP contribution in [0.3, 0.4) is 0 Å². The molecule has 21 nitrogen and oxygen atoms in total. The maximum Gasteiger partial charge on any atom is 0.328 e. The monoisotopic (exact) mass is 1180 g/mol. The highest BCUT2D eigenvalue weighted by molar-refractivity contribution is 6.05. The fourth-order valence-corrected chi connectivity index (χ4v) is 9.16. The van der Waals surface area contributed by atoms with Gasteiger partial charge in [0.1, 0.15) is 34.3 Å². The van der Waals surface area contributed by atoms with E-state index in [1.54, 1.807) is 36.4 Å². The number of benzene rings is 6. The van der Waals surface area contributed by atoms with Crippen molar-refractivity contribution in [2.24, 2.45) is 31.3 Å². The highest BCUT2D eigenvalue weighted by Gasteiger charge is 2.21. The summed E-state index contributed by atoms with van der Waals surface area (Å²) in [5.74, 6) is -2.69. The summed E-state index contributed by atoms with van der Waals surface area (Å²) in [7, 11) is 5.42. The molecule has 0 atom stereocenters. The number of aromatic nitrogens is 4. The third kappa shape index (κ3) is 15.2. The maximum atomic E-state index is 15.3. The van der Waals surface area contributed by atoms with Crippen LogP contribution in [-0.2, 0) is 30.2 Å². The zero-order valence-corrected chi connectivity index (χ0v) is 47.9. The molecule has 0 bridgehead atoms. The lowest BCUT2D eigenvalue weighted by molar-refractivity contribution is -0.118. The van der Waals surface area contributed by atoms with Gasteiger partial charge in [-0.15, -0.1) is 0 Å². The van der Waals surface area contributed by atoms with Crippen LogP contribution >= 0.6 is 0 Å². The van der Waals surface area contributed by atoms with Crippen molar-refractivity contribution in [2.45, 2.75) is 54.5 Å². The van der Waals surface area contributed by atoms with Crippen molar-refractivity contribution in [2.75, 3.05) is 37.9 Å². The van der Waals surface area contributed by atoms with E-state index in [0.29, 0.717) is 59.6 Å². The minimum atomic E-state index is -0.707. The van der Waals surface area contributed by atoms with Crippen LogP contribution in [0, 0.1) is 39.3 Å². The molecule has 0 fully saturated rings. The van der Waals surface area contributed by atoms with E-state index in [1.165, 1.54) is 40.4 Å². The summed E-state index contributed by atoms with van der Waals surface area (Å²) < 4.78 is 42.2. The number of primary amides is 2. The normalized spacial score (nSPS) is 10.5. The molecular weight excluding hydrogens is 1110 g/mol. The molecule has 4 amide bonds. The number of carbonyl (C=O) groups is 5. The summed E-state index contributed by atoms with van der Waals surface area (Å²) in [5.41, 5.74) is 22.3. The standard InChI is InChI=1S/C31H32FN5O5.C28H24FN3O5.C3H8N2O.CH4/c1-17-20(19-13-25(32)23(27(14-19)42-4)15-34-12-11-28(33)38)7-5-8-21(17)22-9-6-10-26(18(22)2)36-29(39)24-16-35-31(41)37(3)30(24)40;1-15-18(17-11-23(29)22(14-33)25(12-17)37-4)7-5-8-19(15)20-9-6-10-24(16(20)2)31-26(34)21-13-30-28(36)32(3)27(21)35;4-2-1-3(5)6;/h5-10,13-14,16,34H,11-12,15H2,1-4H3,(H2,33,38)(H,35,41)(H,36,39);5-14H,1-4H3,(H,30,36)(H,31,34);1-2,4H2,(H2,5,6);1H4. The van der Waals surface area contributed by atoms with E-state index in [4.69, 9.17) is 20.9 Å². The summed E-state index contributed by atoms with van der Waals surface area (Å²) in [4.78, 5) is 111. The minimum absolute atomic E-state index is 0. The Hall–Kier alpha value is -10.4. The van der Waals surface area contributed by atoms with Gasteiger partial charge in [0, 0.05) is 75.9 Å². The molecule has 0 aliphatic carbocycles. The van der Waals surface area contributed by atoms with E-state index < -0.39 is 51.9 Å². The van der Waals surface area contributed by atoms with Gasteiger partial charge < -0.3 is 52.6 Å². The number of rotatable bonds is 18. The SMILES string of the molecule is C.COc1cc(-c2cccc(-c3cccc(NC(=O)c4c[nH]c(=O)n(C)c4=O)c3C)c2C)cc(F)c1C=O.COc1cc(-c2cccc(-c3cccc(NC(=O)c4c[nH]c(=O)n(C)c4=O)c3C)c2C)cc(F)c1CNCCC(N)=O.NCCC(N)=O. The summed E-state index contributed by atoms with van der Waals surface area (Å²) in [6.07, 6.45) is 3.05. The maximum absolute atomic E-state index is 15.3. The van der Waals surface area contributed by atoms with Gasteiger partial charge in [0.15, 0.2) is 6.29 Å². The fourth-order valence-electron chi connectivity index (χ4n) is 9.16. The topological polar surface area (TPSA) is 328 Å². The zero-order chi connectivity index (χ0) is 62.4. The van der Waals surface area contributed by atoms with Gasteiger partial charge in [-0.05, 0) is 131 Å². The first-order chi connectivity index (χ1) is 40.5. The highest BCUT2D eigenvalue weighted by atomic mass is 19.1. The van der Waals surface area contributed by atoms with Crippen molar-refractivity contribution < 1.29 is 42.2 Å². The Morgan fingerprint density at radius 1 is 0.581 bits per heavy atom. The first-order valence-electron chi connectivity index (χ1n) is 26.2. The minimum Gasteiger partial charge on any atom is -0.496 e. The summed E-state index contributed by atoms with van der Waals surface area (Å²) >= 11 is 0. The Morgan fingerprint density at radius 3 is 1.37 bits per heavy atom. The van der Waals surface area contributed by atoms with Crippen LogP contribution in [-0.4, -0.2) is 76.3 Å². The van der Waals surface area contributed by atoms with Gasteiger partial charge in [-0.25, -0.2) is 18.4 Å². The third-order valence-corrected chi connectivity index (χ3v) is 13.9. The Labute approximate surface area is 493 Å². The molecule has 23 heteroatoms. The summed E-state index contributed by atoms with van der Waals surface area (Å²) in [6, 6.07) is 28.3. The summed E-state index contributed by atoms with van der Waals surface area (Å²) in [6.45, 7) is 8.37. The van der Waals surface area contributed by atoms with Gasteiger partial charge in [-0.2, -0.15) is 0 Å². The second-order valence-corrected chi connectivity index (χ2v) is 19.3. The first-order valence-corrected chi connectivity index (χ1v) is 26.2. The largest absolute Gasteiger partial charge is 0.496 e. The van der Waals surface area contributed by atoms with Crippen molar-refractivity contribution in [3.05, 3.63) is 207 Å². The number of halogens is 2. The Kier molecular flexibility index (Phi) is 23.0. The lowest BCUT2D eigenvalue weighted by Gasteiger charge is -2.18. The van der Waals surface area contributed by atoms with Crippen LogP contribution in [0.4, 0.5) is 20.2 Å². The molecule has 0 saturated carbocycles. The number of aromatic amines is 2. The van der Waals surface area contributed by atoms with Gasteiger partial charge in [0.2, 0.25) is 11.8 Å². The zero-order valence-electron chi connectivity index (χ0n) is 47.9. The van der Waals surface area contributed by atoms with Gasteiger partial charge in [-0.1, -0.05) is 68.1 Å². The van der Waals surface area contributed by atoms with Crippen molar-refractivity contribution in [3.8, 4) is 56.0 Å². The molecule has 8 rings (SSSR count). The number of H-pyrrole nitrogens is 2. The molecule has 8 aromatic rings. The van der Waals surface area contributed by atoms with E-state index in [0.717, 1.165) is 77.2 Å². The molecule has 0 spiro atoms. The number of hydrogen-bond donors (Lipinski definition) is 8. The molecule has 0 saturated heterocycles. The first kappa shape index (κ1) is 66.4. The van der Waals surface area contributed by atoms with E-state index in [2.05, 4.69) is 31.7 Å². The molecule has 6 aromatic carbocycles. The number of nitrogens with one attached hydrogen (secondary N) is 5. The number of amides is 4. The number of hydrogen-bond acceptors (Lipinski definition) is 13. The predicted molar refractivity (Wildman–Crippen MR) is 328 cm³/mol. The van der Waals surface area contributed by atoms with Crippen LogP contribution in [0.2, 0.25) is 0 Å². The number of ether oxygens (including phenoxy) is 2. The Bertz CT molecular complexity index is 4130. The van der Waals surface area contributed by atoms with Crippen LogP contribution < -0.4 is 65.1 Å². The number of methoxy groups -OCH3 is 2. The van der Waals surface area contributed by atoms with E-state index in [-0.39, 0.29) is 48.7 Å². The highest BCUT2D eigenvalue weighted by Crippen LogP contribution is 2.39. The molecule has 11 N–H and O–H groups in total. The molecule has 0 radical (unpaired) electrons. The number of carbonyl (C=O) groups excluding carboxylic acids is 5. The van der Waals surface area contributed by atoms with E-state index in [9.17, 15) is 47.5 Å². The van der Waals surface area contributed by atoms with E-state index in [1.807, 2.05) is 76.2 Å². The van der Waals surface area contributed by atoms with E-state index >= 15 is 4.39 Å². The van der Waals surface area contributed by atoms with Crippen molar-refractivity contribution in [3.63, 3.8) is 0 Å². The quantitative estimate of drug-likeness (QED) is 0.0315. The number of nitrogens with zero attached hydrogens (tertiary/aromatic N) is 2. The lowest BCUT2D eigenvalue weighted by atomic mass is 9.90. The van der Waals surface area contributed by atoms with Gasteiger partial charge in [-0.3, -0.25) is 42.7 Å². The molecule has 0 aliphatic rings. The Morgan fingerprint density at radius 2 is 0.977 bits per heavy atom. The van der Waals surface area contributed by atoms with Gasteiger partial charge >= 0.3 is 11.4 Å². The summed E-state index contributed by atoms with van der Waals surface area (Å²) in [5, 5.41) is 8.53. The molecule has 2 aromatic heterocycles. The fraction of sp³-hybridized carbons (Fsp3) is 0.222. The molecule has 0 aliphatic heterocycles. The molecule has 450 valence electrons. The van der Waals surface area contributed by atoms with Gasteiger partial charge in [0.05, 0.1) is 19.8 Å². The number of nitrogens with two attached hydrogens (primary N) is 3. The predicted octanol–water partition coefficient (Wildman–Crippen LogP) is 7.08. The van der Waals surface area contributed by atoms with Crippen molar-refractivity contribution in [1.29, 1.82) is 0 Å². The lowest BCUT2D eigenvalue weighted by Crippen LogP contribution is -2.37. The third-order valence-electron chi connectivity index (χ3n) is 13.9. The smallest absolute Gasteiger partial charge is 0.328 e. The second kappa shape index (κ2) is 29.7. The molecule has 0 unspecified atom stereocenters. The number of aldehydes is 1. The Balaban J connectivity index is 0.000000285. The second-order valence-electron chi connectivity index (χ2n) is 19.3. The van der Waals surface area contributed by atoms with Crippen molar-refractivity contribution in [1.82, 2.24) is 24.4 Å². The average molecular weight is 1180 g/mol. The van der Waals surface area contributed by atoms with Crippen LogP contribution in [0.15, 0.2) is 129 Å². The number of anilines is 2. The van der Waals surface area contributed by atoms with Crippen LogP contribution in [0.1, 0.15) is 79.2 Å². The van der Waals surface area contributed by atoms with Gasteiger partial charge in [0.25, 0.3) is 22.9 Å². The molecule has 86 heavy (non-hydrogen) atoms. The van der Waals surface area contributed by atoms with Crippen molar-refractivity contribution >= 4 is 41.3 Å². The van der Waals surface area contributed by atoms with Crippen LogP contribution in [0.25, 0.3) is 44.5 Å².